The van der Waals surface area contributed by atoms with Gasteiger partial charge in [0.2, 0.25) is 0 Å². The summed E-state index contributed by atoms with van der Waals surface area (Å²) in [7, 11) is 0. The number of hydrogen-bond donors (Lipinski definition) is 2. The number of aliphatic hydroxyl groups excluding tert-OH is 2. The molecule has 0 amide bonds. The van der Waals surface area contributed by atoms with E-state index in [1.165, 1.54) is 11.1 Å². The fourth-order valence-electron chi connectivity index (χ4n) is 3.36. The molecule has 0 aliphatic carbocycles. The lowest BCUT2D eigenvalue weighted by Gasteiger charge is -2.13. The standard InChI is InChI=1S/C23H22N2O2/c26-16-20(27)15-25-22-9-5-4-8-21(22)24-23(25)14-17-10-12-19(13-11-17)18-6-2-1-3-7-18/h1-13,20,26-27H,14-16H2. The summed E-state index contributed by atoms with van der Waals surface area (Å²) < 4.78 is 2.00. The zero-order valence-corrected chi connectivity index (χ0v) is 15.0. The smallest absolute Gasteiger partial charge is 0.114 e. The van der Waals surface area contributed by atoms with Crippen LogP contribution in [-0.4, -0.2) is 32.5 Å². The molecule has 1 atom stereocenters. The highest BCUT2D eigenvalue weighted by Crippen LogP contribution is 2.22. The fourth-order valence-corrected chi connectivity index (χ4v) is 3.36. The molecule has 1 aromatic heterocycles. The highest BCUT2D eigenvalue weighted by Gasteiger charge is 2.14. The Morgan fingerprint density at radius 1 is 0.815 bits per heavy atom. The summed E-state index contributed by atoms with van der Waals surface area (Å²) in [5.41, 5.74) is 5.41. The SMILES string of the molecule is OCC(O)Cn1c(Cc2ccc(-c3ccccc3)cc2)nc2ccccc21. The number of para-hydroxylation sites is 2. The topological polar surface area (TPSA) is 58.3 Å². The number of hydrogen-bond acceptors (Lipinski definition) is 3. The van der Waals surface area contributed by atoms with Gasteiger partial charge in [0.05, 0.1) is 30.3 Å². The molecule has 27 heavy (non-hydrogen) atoms. The van der Waals surface area contributed by atoms with Gasteiger partial charge in [-0.1, -0.05) is 66.7 Å². The first kappa shape index (κ1) is 17.5. The first-order chi connectivity index (χ1) is 13.2. The summed E-state index contributed by atoms with van der Waals surface area (Å²) in [6, 6.07) is 26.7. The van der Waals surface area contributed by atoms with Crippen LogP contribution in [0.1, 0.15) is 11.4 Å². The van der Waals surface area contributed by atoms with E-state index >= 15 is 0 Å². The molecular formula is C23H22N2O2. The van der Waals surface area contributed by atoms with Crippen molar-refractivity contribution in [3.63, 3.8) is 0 Å². The Balaban J connectivity index is 1.64. The molecule has 1 heterocycles. The number of aromatic nitrogens is 2. The highest BCUT2D eigenvalue weighted by molar-refractivity contribution is 5.76. The van der Waals surface area contributed by atoms with Crippen molar-refractivity contribution >= 4 is 11.0 Å². The third kappa shape index (κ3) is 3.77. The molecule has 0 aliphatic heterocycles. The first-order valence-electron chi connectivity index (χ1n) is 9.12. The number of rotatable bonds is 6. The molecule has 4 aromatic rings. The Kier molecular flexibility index (Phi) is 5.01. The number of nitrogens with zero attached hydrogens (tertiary/aromatic N) is 2. The Bertz CT molecular complexity index is 1020. The van der Waals surface area contributed by atoms with Gasteiger partial charge in [-0.3, -0.25) is 0 Å². The molecule has 0 bridgehead atoms. The third-order valence-electron chi connectivity index (χ3n) is 4.76. The van der Waals surface area contributed by atoms with Crippen LogP contribution in [0.2, 0.25) is 0 Å². The quantitative estimate of drug-likeness (QED) is 0.553. The Labute approximate surface area is 158 Å². The van der Waals surface area contributed by atoms with Gasteiger partial charge in [-0.15, -0.1) is 0 Å². The van der Waals surface area contributed by atoms with E-state index in [2.05, 4.69) is 36.4 Å². The number of imidazole rings is 1. The predicted molar refractivity (Wildman–Crippen MR) is 108 cm³/mol. The molecule has 0 saturated carbocycles. The van der Waals surface area contributed by atoms with Crippen LogP contribution >= 0.6 is 0 Å². The molecule has 1 unspecified atom stereocenters. The molecule has 136 valence electrons. The normalized spacial score (nSPS) is 12.4. The van der Waals surface area contributed by atoms with E-state index in [-0.39, 0.29) is 6.61 Å². The molecule has 0 saturated heterocycles. The van der Waals surface area contributed by atoms with Crippen molar-refractivity contribution < 1.29 is 10.2 Å². The van der Waals surface area contributed by atoms with Crippen LogP contribution in [-0.2, 0) is 13.0 Å². The molecule has 3 aromatic carbocycles. The molecule has 4 rings (SSSR count). The minimum Gasteiger partial charge on any atom is -0.394 e. The highest BCUT2D eigenvalue weighted by atomic mass is 16.3. The third-order valence-corrected chi connectivity index (χ3v) is 4.76. The van der Waals surface area contributed by atoms with Crippen molar-refractivity contribution in [1.82, 2.24) is 9.55 Å². The van der Waals surface area contributed by atoms with E-state index in [9.17, 15) is 10.2 Å². The Hall–Kier alpha value is -2.95. The van der Waals surface area contributed by atoms with Gasteiger partial charge in [0.15, 0.2) is 0 Å². The van der Waals surface area contributed by atoms with Crippen molar-refractivity contribution in [2.75, 3.05) is 6.61 Å². The lowest BCUT2D eigenvalue weighted by Crippen LogP contribution is -2.21. The van der Waals surface area contributed by atoms with E-state index < -0.39 is 6.10 Å². The molecule has 4 nitrogen and oxygen atoms in total. The van der Waals surface area contributed by atoms with Crippen molar-refractivity contribution in [3.8, 4) is 11.1 Å². The molecule has 0 radical (unpaired) electrons. The van der Waals surface area contributed by atoms with Crippen LogP contribution < -0.4 is 0 Å². The van der Waals surface area contributed by atoms with Crippen molar-refractivity contribution in [1.29, 1.82) is 0 Å². The minimum absolute atomic E-state index is 0.266. The van der Waals surface area contributed by atoms with Gasteiger partial charge in [0.1, 0.15) is 5.82 Å². The van der Waals surface area contributed by atoms with Gasteiger partial charge in [-0.2, -0.15) is 0 Å². The van der Waals surface area contributed by atoms with Gasteiger partial charge in [0, 0.05) is 6.42 Å². The van der Waals surface area contributed by atoms with Crippen LogP contribution in [0, 0.1) is 0 Å². The van der Waals surface area contributed by atoms with Gasteiger partial charge in [-0.25, -0.2) is 4.98 Å². The summed E-state index contributed by atoms with van der Waals surface area (Å²) in [5, 5.41) is 19.2. The zero-order chi connectivity index (χ0) is 18.6. The maximum atomic E-state index is 9.94. The second kappa shape index (κ2) is 7.74. The fraction of sp³-hybridized carbons (Fsp3) is 0.174. The van der Waals surface area contributed by atoms with Crippen LogP contribution in [0.15, 0.2) is 78.9 Å². The first-order valence-corrected chi connectivity index (χ1v) is 9.12. The van der Waals surface area contributed by atoms with Crippen molar-refractivity contribution in [2.24, 2.45) is 0 Å². The lowest BCUT2D eigenvalue weighted by atomic mass is 10.0. The largest absolute Gasteiger partial charge is 0.394 e. The van der Waals surface area contributed by atoms with E-state index in [4.69, 9.17) is 4.98 Å². The van der Waals surface area contributed by atoms with Crippen molar-refractivity contribution in [3.05, 3.63) is 90.3 Å². The summed E-state index contributed by atoms with van der Waals surface area (Å²) in [5.74, 6) is 0.885. The minimum atomic E-state index is -0.804. The Morgan fingerprint density at radius 2 is 1.48 bits per heavy atom. The maximum absolute atomic E-state index is 9.94. The lowest BCUT2D eigenvalue weighted by molar-refractivity contribution is 0.0815. The second-order valence-corrected chi connectivity index (χ2v) is 6.70. The predicted octanol–water partition coefficient (Wildman–Crippen LogP) is 3.65. The number of aliphatic hydroxyl groups is 2. The van der Waals surface area contributed by atoms with Gasteiger partial charge in [0.25, 0.3) is 0 Å². The van der Waals surface area contributed by atoms with E-state index in [1.54, 1.807) is 0 Å². The summed E-state index contributed by atoms with van der Waals surface area (Å²) >= 11 is 0. The molecule has 2 N–H and O–H groups in total. The maximum Gasteiger partial charge on any atom is 0.114 e. The Morgan fingerprint density at radius 3 is 2.22 bits per heavy atom. The van der Waals surface area contributed by atoms with Crippen LogP contribution in [0.5, 0.6) is 0 Å². The van der Waals surface area contributed by atoms with Gasteiger partial charge >= 0.3 is 0 Å². The van der Waals surface area contributed by atoms with E-state index in [0.717, 1.165) is 22.4 Å². The summed E-state index contributed by atoms with van der Waals surface area (Å²) in [6.45, 7) is 0.0617. The van der Waals surface area contributed by atoms with Gasteiger partial charge < -0.3 is 14.8 Å². The zero-order valence-electron chi connectivity index (χ0n) is 15.0. The number of fused-ring (bicyclic) bond motifs is 1. The van der Waals surface area contributed by atoms with Crippen molar-refractivity contribution in [2.45, 2.75) is 19.1 Å². The van der Waals surface area contributed by atoms with E-state index in [0.29, 0.717) is 13.0 Å². The average Bonchev–Trinajstić information content (AvgIpc) is 3.06. The monoisotopic (exact) mass is 358 g/mol. The van der Waals surface area contributed by atoms with E-state index in [1.807, 2.05) is 47.0 Å². The molecule has 0 fully saturated rings. The van der Waals surface area contributed by atoms with Crippen LogP contribution in [0.4, 0.5) is 0 Å². The summed E-state index contributed by atoms with van der Waals surface area (Å²) in [4.78, 5) is 4.75. The summed E-state index contributed by atoms with van der Waals surface area (Å²) in [6.07, 6.45) is -0.135. The molecular weight excluding hydrogens is 336 g/mol. The molecule has 4 heteroatoms. The average molecular weight is 358 g/mol. The second-order valence-electron chi connectivity index (χ2n) is 6.70. The van der Waals surface area contributed by atoms with Crippen LogP contribution in [0.25, 0.3) is 22.2 Å². The van der Waals surface area contributed by atoms with Gasteiger partial charge in [-0.05, 0) is 28.8 Å². The number of benzene rings is 3. The van der Waals surface area contributed by atoms with Crippen LogP contribution in [0.3, 0.4) is 0 Å². The molecule has 0 spiro atoms. The molecule has 0 aliphatic rings.